The van der Waals surface area contributed by atoms with Crippen LogP contribution < -0.4 is 0 Å². The summed E-state index contributed by atoms with van der Waals surface area (Å²) < 4.78 is 4.83. The third-order valence-corrected chi connectivity index (χ3v) is 1.59. The van der Waals surface area contributed by atoms with Crippen LogP contribution in [0.1, 0.15) is 13.3 Å². The molecule has 0 saturated carbocycles. The molecule has 0 unspecified atom stereocenters. The molecule has 1 aliphatic carbocycles. The first-order chi connectivity index (χ1) is 4.79. The Hall–Kier alpha value is -1.05. The number of methoxy groups -OCH3 is 1. The highest BCUT2D eigenvalue weighted by Gasteiger charge is 2.19. The van der Waals surface area contributed by atoms with Gasteiger partial charge in [-0.15, -0.1) is 0 Å². The van der Waals surface area contributed by atoms with Gasteiger partial charge in [0.15, 0.2) is 5.76 Å². The molecule has 0 aromatic rings. The first-order valence-electron chi connectivity index (χ1n) is 3.23. The molecule has 54 valence electrons. The second kappa shape index (κ2) is 2.69. The minimum Gasteiger partial charge on any atom is -0.493 e. The molecule has 0 heterocycles. The average molecular weight is 138 g/mol. The molecule has 0 aromatic carbocycles. The number of ketones is 1. The minimum atomic E-state index is 0.0324. The van der Waals surface area contributed by atoms with Gasteiger partial charge < -0.3 is 4.74 Å². The molecule has 0 aromatic heterocycles. The van der Waals surface area contributed by atoms with Crippen molar-refractivity contribution in [3.63, 3.8) is 0 Å². The van der Waals surface area contributed by atoms with Crippen LogP contribution in [0.5, 0.6) is 0 Å². The van der Waals surface area contributed by atoms with Crippen molar-refractivity contribution in [3.05, 3.63) is 23.5 Å². The van der Waals surface area contributed by atoms with Gasteiger partial charge in [0.05, 0.1) is 7.11 Å². The highest BCUT2D eigenvalue weighted by atomic mass is 16.5. The number of hydrogen-bond donors (Lipinski definition) is 0. The van der Waals surface area contributed by atoms with Crippen molar-refractivity contribution < 1.29 is 9.53 Å². The van der Waals surface area contributed by atoms with Crippen molar-refractivity contribution >= 4 is 5.78 Å². The van der Waals surface area contributed by atoms with E-state index in [1.807, 2.05) is 13.0 Å². The van der Waals surface area contributed by atoms with E-state index in [1.54, 1.807) is 6.08 Å². The van der Waals surface area contributed by atoms with Crippen LogP contribution in [0.25, 0.3) is 0 Å². The lowest BCUT2D eigenvalue weighted by Gasteiger charge is -1.96. The second-order valence-electron chi connectivity index (χ2n) is 2.12. The van der Waals surface area contributed by atoms with Crippen LogP contribution in [-0.2, 0) is 9.53 Å². The number of Topliss-reactive ketones (excluding diaryl/α,β-unsaturated/α-hetero) is 1. The summed E-state index contributed by atoms with van der Waals surface area (Å²) in [5, 5.41) is 0. The van der Waals surface area contributed by atoms with Crippen molar-refractivity contribution in [1.82, 2.24) is 0 Å². The Bertz CT molecular complexity index is 211. The maximum absolute atomic E-state index is 11.1. The van der Waals surface area contributed by atoms with E-state index in [0.29, 0.717) is 5.76 Å². The topological polar surface area (TPSA) is 26.3 Å². The van der Waals surface area contributed by atoms with Gasteiger partial charge in [-0.05, 0) is 19.4 Å². The molecule has 0 N–H and O–H groups in total. The molecule has 1 aliphatic rings. The molecule has 0 atom stereocenters. The van der Waals surface area contributed by atoms with E-state index in [-0.39, 0.29) is 5.78 Å². The fourth-order valence-electron chi connectivity index (χ4n) is 0.971. The molecule has 0 bridgehead atoms. The molecule has 10 heavy (non-hydrogen) atoms. The first kappa shape index (κ1) is 7.06. The molecule has 0 spiro atoms. The molecule has 0 fully saturated rings. The van der Waals surface area contributed by atoms with Crippen LogP contribution in [-0.4, -0.2) is 12.9 Å². The maximum atomic E-state index is 11.1. The van der Waals surface area contributed by atoms with E-state index >= 15 is 0 Å². The van der Waals surface area contributed by atoms with Crippen molar-refractivity contribution in [1.29, 1.82) is 0 Å². The smallest absolute Gasteiger partial charge is 0.223 e. The Morgan fingerprint density at radius 2 is 2.40 bits per heavy atom. The van der Waals surface area contributed by atoms with Crippen LogP contribution in [0, 0.1) is 0 Å². The van der Waals surface area contributed by atoms with E-state index in [2.05, 4.69) is 0 Å². The predicted octanol–water partition coefficient (Wildman–Crippen LogP) is 1.44. The van der Waals surface area contributed by atoms with Gasteiger partial charge in [-0.1, -0.05) is 6.08 Å². The quantitative estimate of drug-likeness (QED) is 0.512. The Labute approximate surface area is 60.2 Å². The summed E-state index contributed by atoms with van der Waals surface area (Å²) in [6, 6.07) is 0. The summed E-state index contributed by atoms with van der Waals surface area (Å²) in [6.07, 6.45) is 4.35. The molecule has 0 amide bonds. The van der Waals surface area contributed by atoms with Gasteiger partial charge in [0.2, 0.25) is 5.78 Å². The fraction of sp³-hybridized carbons (Fsp3) is 0.375. The van der Waals surface area contributed by atoms with Crippen molar-refractivity contribution in [2.75, 3.05) is 7.11 Å². The van der Waals surface area contributed by atoms with Crippen LogP contribution in [0.4, 0.5) is 0 Å². The highest BCUT2D eigenvalue weighted by Crippen LogP contribution is 2.19. The fourth-order valence-corrected chi connectivity index (χ4v) is 0.971. The molecule has 1 rings (SSSR count). The Morgan fingerprint density at radius 3 is 2.70 bits per heavy atom. The zero-order valence-electron chi connectivity index (χ0n) is 6.18. The molecule has 0 aliphatic heterocycles. The number of ether oxygens (including phenoxy) is 1. The second-order valence-corrected chi connectivity index (χ2v) is 2.12. The van der Waals surface area contributed by atoms with E-state index in [9.17, 15) is 4.79 Å². The molecule has 0 saturated heterocycles. The Morgan fingerprint density at radius 1 is 1.70 bits per heavy atom. The lowest BCUT2D eigenvalue weighted by molar-refractivity contribution is -0.114. The normalized spacial score (nSPS) is 21.6. The number of hydrogen-bond acceptors (Lipinski definition) is 2. The summed E-state index contributed by atoms with van der Waals surface area (Å²) in [6.45, 7) is 1.86. The zero-order valence-corrected chi connectivity index (χ0v) is 6.18. The van der Waals surface area contributed by atoms with Crippen molar-refractivity contribution in [2.24, 2.45) is 0 Å². The summed E-state index contributed by atoms with van der Waals surface area (Å²) in [4.78, 5) is 11.1. The predicted molar refractivity (Wildman–Crippen MR) is 38.5 cm³/mol. The lowest BCUT2D eigenvalue weighted by atomic mass is 10.2. The molecule has 0 radical (unpaired) electrons. The first-order valence-corrected chi connectivity index (χ1v) is 3.23. The molecule has 2 nitrogen and oxygen atoms in total. The summed E-state index contributed by atoms with van der Waals surface area (Å²) >= 11 is 0. The lowest BCUT2D eigenvalue weighted by Crippen LogP contribution is -2.00. The highest BCUT2D eigenvalue weighted by molar-refractivity contribution is 6.09. The van der Waals surface area contributed by atoms with E-state index in [1.165, 1.54) is 7.11 Å². The minimum absolute atomic E-state index is 0.0324. The third kappa shape index (κ3) is 0.967. The average Bonchev–Trinajstić information content (AvgIpc) is 2.30. The summed E-state index contributed by atoms with van der Waals surface area (Å²) in [7, 11) is 1.52. The third-order valence-electron chi connectivity index (χ3n) is 1.59. The van der Waals surface area contributed by atoms with Gasteiger partial charge in [0, 0.05) is 5.57 Å². The molecular weight excluding hydrogens is 128 g/mol. The van der Waals surface area contributed by atoms with Gasteiger partial charge in [0.25, 0.3) is 0 Å². The standard InChI is InChI=1S/C8H10O2/c1-3-6-4-5-7(10-2)8(6)9/h3,5H,4H2,1-2H3/b6-3+. The Kier molecular flexibility index (Phi) is 1.90. The van der Waals surface area contributed by atoms with Gasteiger partial charge in [-0.2, -0.15) is 0 Å². The number of carbonyl (C=O) groups is 1. The largest absolute Gasteiger partial charge is 0.493 e. The maximum Gasteiger partial charge on any atom is 0.223 e. The van der Waals surface area contributed by atoms with Crippen LogP contribution in [0.2, 0.25) is 0 Å². The zero-order chi connectivity index (χ0) is 7.56. The van der Waals surface area contributed by atoms with Gasteiger partial charge >= 0.3 is 0 Å². The summed E-state index contributed by atoms with van der Waals surface area (Å²) in [5.74, 6) is 0.512. The number of carbonyl (C=O) groups excluding carboxylic acids is 1. The SMILES string of the molecule is C/C=C1\CC=C(OC)C1=O. The molecule has 2 heteroatoms. The van der Waals surface area contributed by atoms with Crippen molar-refractivity contribution in [2.45, 2.75) is 13.3 Å². The Balaban J connectivity index is 2.79. The van der Waals surface area contributed by atoms with E-state index < -0.39 is 0 Å². The van der Waals surface area contributed by atoms with E-state index in [0.717, 1.165) is 12.0 Å². The van der Waals surface area contributed by atoms with Crippen LogP contribution >= 0.6 is 0 Å². The van der Waals surface area contributed by atoms with Crippen LogP contribution in [0.3, 0.4) is 0 Å². The van der Waals surface area contributed by atoms with Gasteiger partial charge in [0.1, 0.15) is 0 Å². The summed E-state index contributed by atoms with van der Waals surface area (Å²) in [5.41, 5.74) is 0.830. The van der Waals surface area contributed by atoms with Crippen LogP contribution in [0.15, 0.2) is 23.5 Å². The number of rotatable bonds is 1. The van der Waals surface area contributed by atoms with E-state index in [4.69, 9.17) is 4.74 Å². The van der Waals surface area contributed by atoms with Gasteiger partial charge in [-0.3, -0.25) is 4.79 Å². The molecular formula is C8H10O2. The number of allylic oxidation sites excluding steroid dienone is 3. The van der Waals surface area contributed by atoms with Crippen molar-refractivity contribution in [3.8, 4) is 0 Å². The van der Waals surface area contributed by atoms with Gasteiger partial charge in [-0.25, -0.2) is 0 Å². The monoisotopic (exact) mass is 138 g/mol.